The third-order valence-electron chi connectivity index (χ3n) is 10.1. The van der Waals surface area contributed by atoms with Gasteiger partial charge in [0.1, 0.15) is 17.9 Å². The zero-order valence-corrected chi connectivity index (χ0v) is 23.3. The van der Waals surface area contributed by atoms with E-state index in [1.54, 1.807) is 6.07 Å². The molecule has 1 amide bonds. The van der Waals surface area contributed by atoms with Gasteiger partial charge in [-0.25, -0.2) is 18.4 Å². The third-order valence-corrected chi connectivity index (χ3v) is 11.0. The van der Waals surface area contributed by atoms with Gasteiger partial charge in [0.15, 0.2) is 0 Å². The van der Waals surface area contributed by atoms with Crippen LogP contribution in [0, 0.1) is 17.3 Å². The van der Waals surface area contributed by atoms with Crippen molar-refractivity contribution in [1.82, 2.24) is 4.90 Å². The summed E-state index contributed by atoms with van der Waals surface area (Å²) in [5, 5.41) is 26.3. The molecule has 0 radical (unpaired) electrons. The SMILES string of the molecule is C[C@]12CCC3c4ccc(O)cc4CCC3C1C[C@@H](O)[C@@H]2OC(=O)[C@@H]1CCCN1C(=O)c1ccc(S(N)(=O)=O)cc1. The number of fused-ring (bicyclic) bond motifs is 5. The Morgan fingerprint density at radius 1 is 1.10 bits per heavy atom. The Morgan fingerprint density at radius 2 is 1.85 bits per heavy atom. The minimum absolute atomic E-state index is 0.0891. The number of nitrogens with two attached hydrogens (primary N) is 1. The van der Waals surface area contributed by atoms with Crippen molar-refractivity contribution in [2.24, 2.45) is 22.4 Å². The number of hydrogen-bond acceptors (Lipinski definition) is 7. The van der Waals surface area contributed by atoms with E-state index in [0.29, 0.717) is 43.4 Å². The number of aryl methyl sites for hydroxylation is 1. The van der Waals surface area contributed by atoms with Gasteiger partial charge in [-0.3, -0.25) is 4.79 Å². The van der Waals surface area contributed by atoms with Crippen molar-refractivity contribution < 1.29 is 33.0 Å². The molecule has 6 rings (SSSR count). The molecule has 214 valence electrons. The van der Waals surface area contributed by atoms with E-state index >= 15 is 0 Å². The number of primary sulfonamides is 1. The number of aromatic hydroxyl groups is 1. The fourth-order valence-corrected chi connectivity index (χ4v) is 8.68. The number of nitrogens with zero attached hydrogens (tertiary/aromatic N) is 1. The Bertz CT molecular complexity index is 1440. The van der Waals surface area contributed by atoms with Crippen molar-refractivity contribution in [2.75, 3.05) is 6.54 Å². The predicted molar refractivity (Wildman–Crippen MR) is 146 cm³/mol. The fraction of sp³-hybridized carbons (Fsp3) is 0.533. The van der Waals surface area contributed by atoms with Crippen molar-refractivity contribution in [1.29, 1.82) is 0 Å². The lowest BCUT2D eigenvalue weighted by atomic mass is 9.55. The Labute approximate surface area is 234 Å². The van der Waals surface area contributed by atoms with Crippen molar-refractivity contribution in [2.45, 2.75) is 80.9 Å². The highest BCUT2D eigenvalue weighted by Gasteiger charge is 2.60. The maximum atomic E-state index is 13.5. The number of aliphatic hydroxyl groups is 1. The summed E-state index contributed by atoms with van der Waals surface area (Å²) < 4.78 is 29.2. The largest absolute Gasteiger partial charge is 0.508 e. The molecule has 1 saturated heterocycles. The average Bonchev–Trinajstić information content (AvgIpc) is 3.51. The average molecular weight is 569 g/mol. The van der Waals surface area contributed by atoms with Crippen molar-refractivity contribution in [3.05, 3.63) is 59.2 Å². The van der Waals surface area contributed by atoms with Crippen LogP contribution in [0.15, 0.2) is 47.4 Å². The van der Waals surface area contributed by atoms with Gasteiger partial charge in [-0.05, 0) is 110 Å². The number of sulfonamides is 1. The molecular formula is C30H36N2O7S. The summed E-state index contributed by atoms with van der Waals surface area (Å²) in [7, 11) is -3.88. The minimum Gasteiger partial charge on any atom is -0.508 e. The smallest absolute Gasteiger partial charge is 0.329 e. The standard InChI is InChI=1S/C30H36N2O7S/c1-30-13-12-22-21-11-7-19(33)15-18(21)6-10-23(22)24(30)16-26(34)27(30)39-29(36)25-3-2-14-32(25)28(35)17-4-8-20(9-5-17)40(31,37)38/h4-5,7-9,11,15,22-27,33-34H,2-3,6,10,12-14,16H2,1H3,(H2,31,37,38)/t22?,23?,24?,25-,26+,27-,30-/m0/s1. The van der Waals surface area contributed by atoms with E-state index < -0.39 is 34.2 Å². The number of carbonyl (C=O) groups excluding carboxylic acids is 2. The van der Waals surface area contributed by atoms with Gasteiger partial charge in [0.2, 0.25) is 10.0 Å². The van der Waals surface area contributed by atoms with Crippen molar-refractivity contribution in [3.8, 4) is 5.75 Å². The van der Waals surface area contributed by atoms with Crippen LogP contribution in [0.3, 0.4) is 0 Å². The maximum Gasteiger partial charge on any atom is 0.329 e. The predicted octanol–water partition coefficient (Wildman–Crippen LogP) is 3.08. The Balaban J connectivity index is 1.17. The monoisotopic (exact) mass is 568 g/mol. The van der Waals surface area contributed by atoms with Crippen LogP contribution in [-0.2, 0) is 26.0 Å². The van der Waals surface area contributed by atoms with E-state index in [-0.39, 0.29) is 27.7 Å². The minimum atomic E-state index is -3.88. The number of rotatable bonds is 4. The van der Waals surface area contributed by atoms with Crippen LogP contribution < -0.4 is 5.14 Å². The molecule has 4 aliphatic rings. The number of phenolic OH excluding ortho intramolecular Hbond substituents is 1. The number of benzene rings is 2. The number of esters is 1. The van der Waals surface area contributed by atoms with Crippen LogP contribution in [0.4, 0.5) is 0 Å². The molecular weight excluding hydrogens is 532 g/mol. The molecule has 3 unspecified atom stereocenters. The van der Waals surface area contributed by atoms with Gasteiger partial charge in [-0.15, -0.1) is 0 Å². The van der Waals surface area contributed by atoms with Crippen LogP contribution in [0.5, 0.6) is 5.75 Å². The molecule has 1 aliphatic heterocycles. The molecule has 2 saturated carbocycles. The van der Waals surface area contributed by atoms with E-state index in [9.17, 15) is 28.2 Å². The van der Waals surface area contributed by atoms with Crippen LogP contribution in [0.2, 0.25) is 0 Å². The van der Waals surface area contributed by atoms with Crippen molar-refractivity contribution >= 4 is 21.9 Å². The molecule has 4 N–H and O–H groups in total. The molecule has 2 aromatic carbocycles. The summed E-state index contributed by atoms with van der Waals surface area (Å²) in [6.07, 6.45) is 3.89. The topological polar surface area (TPSA) is 147 Å². The summed E-state index contributed by atoms with van der Waals surface area (Å²) >= 11 is 0. The molecule has 2 aromatic rings. The number of aliphatic hydroxyl groups excluding tert-OH is 1. The lowest BCUT2D eigenvalue weighted by Gasteiger charge is -2.50. The van der Waals surface area contributed by atoms with Crippen LogP contribution in [0.1, 0.15) is 72.9 Å². The highest BCUT2D eigenvalue weighted by molar-refractivity contribution is 7.89. The molecule has 9 nitrogen and oxygen atoms in total. The first kappa shape index (κ1) is 27.2. The first-order valence-corrected chi connectivity index (χ1v) is 15.7. The van der Waals surface area contributed by atoms with E-state index in [2.05, 4.69) is 6.92 Å². The molecule has 0 spiro atoms. The summed E-state index contributed by atoms with van der Waals surface area (Å²) in [5.74, 6) is 0.376. The van der Waals surface area contributed by atoms with Crippen LogP contribution in [-0.4, -0.2) is 60.2 Å². The van der Waals surface area contributed by atoms with E-state index in [1.807, 2.05) is 12.1 Å². The fourth-order valence-electron chi connectivity index (χ4n) is 8.16. The summed E-state index contributed by atoms with van der Waals surface area (Å²) in [5.41, 5.74) is 2.41. The number of carbonyl (C=O) groups is 2. The Kier molecular flexibility index (Phi) is 6.71. The first-order chi connectivity index (χ1) is 19.0. The molecule has 1 heterocycles. The molecule has 10 heteroatoms. The molecule has 40 heavy (non-hydrogen) atoms. The van der Waals surface area contributed by atoms with Gasteiger partial charge in [0.05, 0.1) is 11.0 Å². The van der Waals surface area contributed by atoms with Gasteiger partial charge in [0, 0.05) is 17.5 Å². The second kappa shape index (κ2) is 9.85. The quantitative estimate of drug-likeness (QED) is 0.480. The van der Waals surface area contributed by atoms with Crippen LogP contribution >= 0.6 is 0 Å². The number of hydrogen-bond donors (Lipinski definition) is 3. The summed E-state index contributed by atoms with van der Waals surface area (Å²) in [6.45, 7) is 2.53. The summed E-state index contributed by atoms with van der Waals surface area (Å²) in [4.78, 5) is 28.2. The molecule has 0 aromatic heterocycles. The van der Waals surface area contributed by atoms with Gasteiger partial charge in [-0.2, -0.15) is 0 Å². The zero-order valence-electron chi connectivity index (χ0n) is 22.5. The normalized spacial score (nSPS) is 33.1. The van der Waals surface area contributed by atoms with E-state index in [0.717, 1.165) is 25.7 Å². The third kappa shape index (κ3) is 4.50. The van der Waals surface area contributed by atoms with Gasteiger partial charge in [0.25, 0.3) is 5.91 Å². The number of ether oxygens (including phenoxy) is 1. The number of likely N-dealkylation sites (tertiary alicyclic amines) is 1. The second-order valence-electron chi connectivity index (χ2n) is 12.2. The first-order valence-electron chi connectivity index (χ1n) is 14.1. The van der Waals surface area contributed by atoms with Gasteiger partial charge < -0.3 is 19.8 Å². The van der Waals surface area contributed by atoms with Crippen LogP contribution in [0.25, 0.3) is 0 Å². The molecule has 7 atom stereocenters. The van der Waals surface area contributed by atoms with E-state index in [1.165, 1.54) is 40.3 Å². The molecule has 3 fully saturated rings. The number of amides is 1. The highest BCUT2D eigenvalue weighted by Crippen LogP contribution is 2.61. The Morgan fingerprint density at radius 3 is 2.58 bits per heavy atom. The zero-order chi connectivity index (χ0) is 28.4. The second-order valence-corrected chi connectivity index (χ2v) is 13.8. The summed E-state index contributed by atoms with van der Waals surface area (Å²) in [6, 6.07) is 10.3. The van der Waals surface area contributed by atoms with Gasteiger partial charge >= 0.3 is 5.97 Å². The van der Waals surface area contributed by atoms with Gasteiger partial charge in [-0.1, -0.05) is 13.0 Å². The highest BCUT2D eigenvalue weighted by atomic mass is 32.2. The van der Waals surface area contributed by atoms with E-state index in [4.69, 9.17) is 9.88 Å². The Hall–Kier alpha value is -2.95. The lowest BCUT2D eigenvalue weighted by Crippen LogP contribution is -2.49. The molecule has 0 bridgehead atoms. The number of phenols is 1. The van der Waals surface area contributed by atoms with Crippen molar-refractivity contribution in [3.63, 3.8) is 0 Å². The lowest BCUT2D eigenvalue weighted by molar-refractivity contribution is -0.168. The molecule has 3 aliphatic carbocycles. The maximum absolute atomic E-state index is 13.5.